The summed E-state index contributed by atoms with van der Waals surface area (Å²) < 4.78 is 5.49. The van der Waals surface area contributed by atoms with E-state index in [4.69, 9.17) is 4.74 Å². The van der Waals surface area contributed by atoms with Crippen LogP contribution in [0.3, 0.4) is 0 Å². The number of β-lactam (4-membered cyclic amide) rings is 1. The third-order valence-corrected chi connectivity index (χ3v) is 3.39. The molecule has 1 aliphatic rings. The summed E-state index contributed by atoms with van der Waals surface area (Å²) in [4.78, 5) is 15.5. The Morgan fingerprint density at radius 3 is 2.71 bits per heavy atom. The lowest BCUT2D eigenvalue weighted by molar-refractivity contribution is -0.129. The molecule has 0 saturated carbocycles. The molecule has 2 aromatic rings. The van der Waals surface area contributed by atoms with Crippen molar-refractivity contribution in [3.05, 3.63) is 54.2 Å². The highest BCUT2D eigenvalue weighted by atomic mass is 16.5. The first-order valence-corrected chi connectivity index (χ1v) is 6.92. The number of aromatic nitrogens is 1. The Kier molecular flexibility index (Phi) is 4.23. The van der Waals surface area contributed by atoms with E-state index in [0.717, 1.165) is 16.8 Å². The molecule has 1 amide bonds. The fourth-order valence-electron chi connectivity index (χ4n) is 2.07. The lowest BCUT2D eigenvalue weighted by Crippen LogP contribution is -2.60. The Hall–Kier alpha value is -2.24. The van der Waals surface area contributed by atoms with Crippen molar-refractivity contribution in [2.45, 2.75) is 12.6 Å². The van der Waals surface area contributed by atoms with Crippen LogP contribution in [0, 0.1) is 0 Å². The van der Waals surface area contributed by atoms with Crippen LogP contribution in [0.15, 0.2) is 48.7 Å². The minimum atomic E-state index is -0.108. The van der Waals surface area contributed by atoms with E-state index in [0.29, 0.717) is 19.9 Å². The molecule has 1 atom stereocenters. The topological polar surface area (TPSA) is 63.2 Å². The van der Waals surface area contributed by atoms with E-state index in [1.807, 2.05) is 48.7 Å². The lowest BCUT2D eigenvalue weighted by Gasteiger charge is -2.26. The van der Waals surface area contributed by atoms with Crippen LogP contribution in [-0.4, -0.2) is 30.2 Å². The normalized spacial score (nSPS) is 17.1. The smallest absolute Gasteiger partial charge is 0.239 e. The summed E-state index contributed by atoms with van der Waals surface area (Å²) in [7, 11) is 0. The van der Waals surface area contributed by atoms with Crippen LogP contribution in [0.5, 0.6) is 0 Å². The van der Waals surface area contributed by atoms with Crippen molar-refractivity contribution in [3.8, 4) is 11.3 Å². The SMILES string of the molecule is O=C1NC[C@@H]1NCOCc1ccc(-c2ccccc2)nc1. The van der Waals surface area contributed by atoms with Crippen LogP contribution in [0.25, 0.3) is 11.3 Å². The molecule has 0 spiro atoms. The number of amides is 1. The molecule has 0 aliphatic carbocycles. The maximum absolute atomic E-state index is 11.0. The van der Waals surface area contributed by atoms with Crippen LogP contribution < -0.4 is 10.6 Å². The molecular weight excluding hydrogens is 266 g/mol. The molecule has 2 N–H and O–H groups in total. The highest BCUT2D eigenvalue weighted by Gasteiger charge is 2.26. The summed E-state index contributed by atoms with van der Waals surface area (Å²) in [6.07, 6.45) is 1.82. The number of nitrogens with zero attached hydrogens (tertiary/aromatic N) is 1. The molecule has 0 bridgehead atoms. The molecule has 2 heterocycles. The number of hydrogen-bond donors (Lipinski definition) is 2. The van der Waals surface area contributed by atoms with Crippen molar-refractivity contribution < 1.29 is 9.53 Å². The third kappa shape index (κ3) is 3.45. The number of pyridine rings is 1. The lowest BCUT2D eigenvalue weighted by atomic mass is 10.1. The predicted octanol–water partition coefficient (Wildman–Crippen LogP) is 1.31. The summed E-state index contributed by atoms with van der Waals surface area (Å²) in [5.74, 6) is 0.0347. The molecule has 1 aliphatic heterocycles. The minimum Gasteiger partial charge on any atom is -0.362 e. The molecule has 5 nitrogen and oxygen atoms in total. The fourth-order valence-corrected chi connectivity index (χ4v) is 2.07. The van der Waals surface area contributed by atoms with Crippen LogP contribution >= 0.6 is 0 Å². The van der Waals surface area contributed by atoms with Gasteiger partial charge in [-0.25, -0.2) is 0 Å². The summed E-state index contributed by atoms with van der Waals surface area (Å²) in [5, 5.41) is 5.69. The Labute approximate surface area is 123 Å². The van der Waals surface area contributed by atoms with Crippen LogP contribution in [0.4, 0.5) is 0 Å². The molecular formula is C16H17N3O2. The molecule has 0 radical (unpaired) electrons. The van der Waals surface area contributed by atoms with Crippen LogP contribution in [0.1, 0.15) is 5.56 Å². The molecule has 0 unspecified atom stereocenters. The number of rotatable bonds is 6. The van der Waals surface area contributed by atoms with Crippen molar-refractivity contribution in [1.29, 1.82) is 0 Å². The Bertz CT molecular complexity index is 599. The zero-order chi connectivity index (χ0) is 14.5. The van der Waals surface area contributed by atoms with Crippen LogP contribution in [0.2, 0.25) is 0 Å². The van der Waals surface area contributed by atoms with Crippen molar-refractivity contribution in [3.63, 3.8) is 0 Å². The number of ether oxygens (including phenoxy) is 1. The van der Waals surface area contributed by atoms with Gasteiger partial charge in [0.1, 0.15) is 6.04 Å². The van der Waals surface area contributed by atoms with E-state index < -0.39 is 0 Å². The summed E-state index contributed by atoms with van der Waals surface area (Å²) in [6, 6.07) is 13.9. The molecule has 1 fully saturated rings. The molecule has 5 heteroatoms. The van der Waals surface area contributed by atoms with Gasteiger partial charge in [0.25, 0.3) is 0 Å². The van der Waals surface area contributed by atoms with E-state index in [2.05, 4.69) is 15.6 Å². The van der Waals surface area contributed by atoms with E-state index in [1.165, 1.54) is 0 Å². The van der Waals surface area contributed by atoms with Gasteiger partial charge in [0.05, 0.1) is 19.0 Å². The first-order chi connectivity index (χ1) is 10.3. The Morgan fingerprint density at radius 2 is 2.10 bits per heavy atom. The monoisotopic (exact) mass is 283 g/mol. The second-order valence-electron chi connectivity index (χ2n) is 4.91. The maximum Gasteiger partial charge on any atom is 0.239 e. The molecule has 3 rings (SSSR count). The zero-order valence-electron chi connectivity index (χ0n) is 11.6. The highest BCUT2D eigenvalue weighted by molar-refractivity contribution is 5.87. The second-order valence-corrected chi connectivity index (χ2v) is 4.91. The standard InChI is InChI=1S/C16H17N3O2/c20-16-15(9-18-16)19-11-21-10-12-6-7-14(17-8-12)13-4-2-1-3-5-13/h1-8,15,19H,9-11H2,(H,18,20)/t15-/m0/s1. The summed E-state index contributed by atoms with van der Waals surface area (Å²) in [6.45, 7) is 1.51. The molecule has 1 aromatic carbocycles. The number of nitrogens with one attached hydrogen (secondary N) is 2. The van der Waals surface area contributed by atoms with Gasteiger partial charge in [0.2, 0.25) is 5.91 Å². The average molecular weight is 283 g/mol. The predicted molar refractivity (Wildman–Crippen MR) is 79.3 cm³/mol. The van der Waals surface area contributed by atoms with E-state index in [9.17, 15) is 4.79 Å². The van der Waals surface area contributed by atoms with Crippen LogP contribution in [-0.2, 0) is 16.1 Å². The first kappa shape index (κ1) is 13.7. The molecule has 21 heavy (non-hydrogen) atoms. The van der Waals surface area contributed by atoms with Gasteiger partial charge in [0.15, 0.2) is 0 Å². The highest BCUT2D eigenvalue weighted by Crippen LogP contribution is 2.16. The van der Waals surface area contributed by atoms with Gasteiger partial charge >= 0.3 is 0 Å². The Morgan fingerprint density at radius 1 is 1.24 bits per heavy atom. The van der Waals surface area contributed by atoms with Gasteiger partial charge in [-0.15, -0.1) is 0 Å². The summed E-state index contributed by atoms with van der Waals surface area (Å²) in [5.41, 5.74) is 3.06. The number of carbonyl (C=O) groups excluding carboxylic acids is 1. The van der Waals surface area contributed by atoms with Crippen molar-refractivity contribution in [2.75, 3.05) is 13.3 Å². The first-order valence-electron chi connectivity index (χ1n) is 6.92. The second kappa shape index (κ2) is 6.47. The van der Waals surface area contributed by atoms with Crippen molar-refractivity contribution in [2.24, 2.45) is 0 Å². The van der Waals surface area contributed by atoms with Crippen molar-refractivity contribution >= 4 is 5.91 Å². The Balaban J connectivity index is 1.47. The van der Waals surface area contributed by atoms with Gasteiger partial charge in [-0.1, -0.05) is 36.4 Å². The maximum atomic E-state index is 11.0. The quantitative estimate of drug-likeness (QED) is 0.477. The molecule has 1 saturated heterocycles. The van der Waals surface area contributed by atoms with Gasteiger partial charge < -0.3 is 10.1 Å². The molecule has 108 valence electrons. The third-order valence-electron chi connectivity index (χ3n) is 3.39. The summed E-state index contributed by atoms with van der Waals surface area (Å²) >= 11 is 0. The van der Waals surface area contributed by atoms with Gasteiger partial charge in [-0.05, 0) is 11.6 Å². The van der Waals surface area contributed by atoms with Gasteiger partial charge in [0, 0.05) is 18.3 Å². The van der Waals surface area contributed by atoms with E-state index in [-0.39, 0.29) is 11.9 Å². The number of benzene rings is 1. The van der Waals surface area contributed by atoms with Gasteiger partial charge in [-0.2, -0.15) is 0 Å². The zero-order valence-corrected chi connectivity index (χ0v) is 11.6. The number of hydrogen-bond acceptors (Lipinski definition) is 4. The fraction of sp³-hybridized carbons (Fsp3) is 0.250. The molecule has 1 aromatic heterocycles. The van der Waals surface area contributed by atoms with Crippen molar-refractivity contribution in [1.82, 2.24) is 15.6 Å². The average Bonchev–Trinajstić information content (AvgIpc) is 2.54. The minimum absolute atomic E-state index is 0.0347. The van der Waals surface area contributed by atoms with Gasteiger partial charge in [-0.3, -0.25) is 15.1 Å². The number of carbonyl (C=O) groups is 1. The largest absolute Gasteiger partial charge is 0.362 e. The van der Waals surface area contributed by atoms with E-state index >= 15 is 0 Å². The van der Waals surface area contributed by atoms with E-state index in [1.54, 1.807) is 0 Å².